The van der Waals surface area contributed by atoms with Crippen LogP contribution < -0.4 is 4.74 Å². The van der Waals surface area contributed by atoms with E-state index < -0.39 is 5.97 Å². The molecule has 5 heteroatoms. The number of pyridine rings is 1. The van der Waals surface area contributed by atoms with Crippen molar-refractivity contribution in [2.45, 2.75) is 0 Å². The highest BCUT2D eigenvalue weighted by Gasteiger charge is 2.10. The first-order valence-corrected chi connectivity index (χ1v) is 7.98. The van der Waals surface area contributed by atoms with Crippen molar-refractivity contribution in [3.8, 4) is 11.5 Å². The van der Waals surface area contributed by atoms with E-state index in [1.54, 1.807) is 48.7 Å². The summed E-state index contributed by atoms with van der Waals surface area (Å²) in [4.78, 5) is 15.6. The number of carboxylic acids is 1. The Hall–Kier alpha value is -3.11. The molecule has 0 aliphatic rings. The van der Waals surface area contributed by atoms with E-state index in [1.807, 2.05) is 18.2 Å². The van der Waals surface area contributed by atoms with E-state index in [1.165, 1.54) is 0 Å². The number of carboxylic acid groups (broad SMARTS) is 1. The van der Waals surface area contributed by atoms with Gasteiger partial charge in [0, 0.05) is 16.6 Å². The van der Waals surface area contributed by atoms with E-state index in [2.05, 4.69) is 4.98 Å². The fourth-order valence-corrected chi connectivity index (χ4v) is 2.99. The highest BCUT2D eigenvalue weighted by molar-refractivity contribution is 6.31. The molecule has 0 amide bonds. The van der Waals surface area contributed by atoms with Gasteiger partial charge >= 0.3 is 5.97 Å². The number of hydrogen-bond donors (Lipinski definition) is 1. The number of benzene rings is 3. The van der Waals surface area contributed by atoms with Gasteiger partial charge in [-0.2, -0.15) is 0 Å². The van der Waals surface area contributed by atoms with E-state index in [0.29, 0.717) is 21.9 Å². The van der Waals surface area contributed by atoms with Crippen LogP contribution in [-0.2, 0) is 0 Å². The maximum Gasteiger partial charge on any atom is 0.336 e. The van der Waals surface area contributed by atoms with Gasteiger partial charge in [0.25, 0.3) is 0 Å². The standard InChI is InChI=1S/C20H12ClNO3/c21-13-4-6-17-18(11-13)22-9-8-19(17)25-14-5-7-15-12(10-14)2-1-3-16(15)20(23)24/h1-11H,(H,23,24). The maximum absolute atomic E-state index is 11.3. The molecule has 1 N–H and O–H groups in total. The lowest BCUT2D eigenvalue weighted by atomic mass is 10.0. The van der Waals surface area contributed by atoms with E-state index >= 15 is 0 Å². The number of nitrogens with zero attached hydrogens (tertiary/aromatic N) is 1. The van der Waals surface area contributed by atoms with Gasteiger partial charge in [-0.05, 0) is 59.3 Å². The van der Waals surface area contributed by atoms with E-state index in [0.717, 1.165) is 16.3 Å². The summed E-state index contributed by atoms with van der Waals surface area (Å²) in [6, 6.07) is 17.7. The number of fused-ring (bicyclic) bond motifs is 2. The van der Waals surface area contributed by atoms with Crippen LogP contribution in [0.25, 0.3) is 21.7 Å². The monoisotopic (exact) mass is 349 g/mol. The third-order valence-corrected chi connectivity index (χ3v) is 4.21. The Kier molecular flexibility index (Phi) is 3.75. The molecule has 0 spiro atoms. The van der Waals surface area contributed by atoms with Gasteiger partial charge in [0.1, 0.15) is 11.5 Å². The molecule has 0 unspecified atom stereocenters. The number of rotatable bonds is 3. The van der Waals surface area contributed by atoms with Gasteiger partial charge in [0.15, 0.2) is 0 Å². The predicted octanol–water partition coefficient (Wildman–Crippen LogP) is 5.53. The van der Waals surface area contributed by atoms with Gasteiger partial charge in [0.05, 0.1) is 11.1 Å². The zero-order valence-electron chi connectivity index (χ0n) is 12.9. The minimum absolute atomic E-state index is 0.271. The Morgan fingerprint density at radius 1 is 1.00 bits per heavy atom. The normalized spacial score (nSPS) is 10.9. The first-order valence-electron chi connectivity index (χ1n) is 7.60. The molecular weight excluding hydrogens is 338 g/mol. The molecule has 3 aromatic carbocycles. The van der Waals surface area contributed by atoms with Crippen molar-refractivity contribution in [2.75, 3.05) is 0 Å². The van der Waals surface area contributed by atoms with Crippen LogP contribution in [0.15, 0.2) is 66.9 Å². The van der Waals surface area contributed by atoms with Crippen molar-refractivity contribution >= 4 is 39.2 Å². The number of aromatic nitrogens is 1. The second-order valence-corrected chi connectivity index (χ2v) is 6.00. The minimum atomic E-state index is -0.948. The molecule has 0 aliphatic carbocycles. The van der Waals surface area contributed by atoms with Crippen molar-refractivity contribution in [3.63, 3.8) is 0 Å². The number of carbonyl (C=O) groups is 1. The topological polar surface area (TPSA) is 59.4 Å². The summed E-state index contributed by atoms with van der Waals surface area (Å²) < 4.78 is 6.01. The van der Waals surface area contributed by atoms with Crippen LogP contribution in [0.1, 0.15) is 10.4 Å². The summed E-state index contributed by atoms with van der Waals surface area (Å²) in [5.74, 6) is 0.337. The zero-order chi connectivity index (χ0) is 17.4. The summed E-state index contributed by atoms with van der Waals surface area (Å²) in [5.41, 5.74) is 1.02. The van der Waals surface area contributed by atoms with E-state index in [9.17, 15) is 9.90 Å². The largest absolute Gasteiger partial charge is 0.478 e. The van der Waals surface area contributed by atoms with Crippen LogP contribution in [0, 0.1) is 0 Å². The minimum Gasteiger partial charge on any atom is -0.478 e. The van der Waals surface area contributed by atoms with Crippen LogP contribution in [0.4, 0.5) is 0 Å². The van der Waals surface area contributed by atoms with Crippen LogP contribution in [0.5, 0.6) is 11.5 Å². The van der Waals surface area contributed by atoms with Crippen molar-refractivity contribution in [3.05, 3.63) is 77.4 Å². The van der Waals surface area contributed by atoms with Gasteiger partial charge in [0.2, 0.25) is 0 Å². The molecule has 4 aromatic rings. The van der Waals surface area contributed by atoms with Crippen LogP contribution >= 0.6 is 11.6 Å². The molecule has 0 aliphatic heterocycles. The fourth-order valence-electron chi connectivity index (χ4n) is 2.82. The van der Waals surface area contributed by atoms with Crippen LogP contribution in [-0.4, -0.2) is 16.1 Å². The smallest absolute Gasteiger partial charge is 0.336 e. The fraction of sp³-hybridized carbons (Fsp3) is 0. The number of halogens is 1. The molecule has 122 valence electrons. The first-order chi connectivity index (χ1) is 12.1. The lowest BCUT2D eigenvalue weighted by Gasteiger charge is -2.10. The summed E-state index contributed by atoms with van der Waals surface area (Å²) in [5, 5.41) is 12.2. The maximum atomic E-state index is 11.3. The van der Waals surface area contributed by atoms with Crippen LogP contribution in [0.3, 0.4) is 0 Å². The second kappa shape index (κ2) is 6.07. The highest BCUT2D eigenvalue weighted by atomic mass is 35.5. The molecule has 4 rings (SSSR count). The molecule has 0 saturated heterocycles. The SMILES string of the molecule is O=C(O)c1cccc2cc(Oc3ccnc4cc(Cl)ccc34)ccc12. The molecule has 1 aromatic heterocycles. The lowest BCUT2D eigenvalue weighted by molar-refractivity contribution is 0.0699. The predicted molar refractivity (Wildman–Crippen MR) is 97.7 cm³/mol. The lowest BCUT2D eigenvalue weighted by Crippen LogP contribution is -1.97. The van der Waals surface area contributed by atoms with Crippen molar-refractivity contribution < 1.29 is 14.6 Å². The van der Waals surface area contributed by atoms with Crippen molar-refractivity contribution in [2.24, 2.45) is 0 Å². The number of hydrogen-bond acceptors (Lipinski definition) is 3. The molecule has 0 fully saturated rings. The van der Waals surface area contributed by atoms with E-state index in [4.69, 9.17) is 16.3 Å². The Bertz CT molecular complexity index is 1120. The molecule has 1 heterocycles. The Morgan fingerprint density at radius 2 is 1.84 bits per heavy atom. The van der Waals surface area contributed by atoms with Crippen molar-refractivity contribution in [1.29, 1.82) is 0 Å². The molecule has 0 radical (unpaired) electrons. The Balaban J connectivity index is 1.78. The van der Waals surface area contributed by atoms with E-state index in [-0.39, 0.29) is 5.56 Å². The molecular formula is C20H12ClNO3. The number of aromatic carboxylic acids is 1. The molecule has 25 heavy (non-hydrogen) atoms. The third-order valence-electron chi connectivity index (χ3n) is 3.97. The molecule has 0 atom stereocenters. The van der Waals surface area contributed by atoms with Gasteiger partial charge in [-0.15, -0.1) is 0 Å². The van der Waals surface area contributed by atoms with Crippen LogP contribution in [0.2, 0.25) is 5.02 Å². The van der Waals surface area contributed by atoms with Gasteiger partial charge in [-0.25, -0.2) is 4.79 Å². The molecule has 0 bridgehead atoms. The number of ether oxygens (including phenoxy) is 1. The first kappa shape index (κ1) is 15.4. The van der Waals surface area contributed by atoms with Crippen molar-refractivity contribution in [1.82, 2.24) is 4.98 Å². The summed E-state index contributed by atoms with van der Waals surface area (Å²) in [6.45, 7) is 0. The average Bonchev–Trinajstić information content (AvgIpc) is 2.61. The quantitative estimate of drug-likeness (QED) is 0.528. The zero-order valence-corrected chi connectivity index (χ0v) is 13.7. The van der Waals surface area contributed by atoms with Gasteiger partial charge < -0.3 is 9.84 Å². The van der Waals surface area contributed by atoms with Gasteiger partial charge in [-0.1, -0.05) is 23.7 Å². The second-order valence-electron chi connectivity index (χ2n) is 5.57. The highest BCUT2D eigenvalue weighted by Crippen LogP contribution is 2.32. The Labute approximate surface area is 148 Å². The summed E-state index contributed by atoms with van der Waals surface area (Å²) in [6.07, 6.45) is 1.66. The third kappa shape index (κ3) is 2.88. The summed E-state index contributed by atoms with van der Waals surface area (Å²) >= 11 is 6.01. The van der Waals surface area contributed by atoms with Gasteiger partial charge in [-0.3, -0.25) is 4.98 Å². The Morgan fingerprint density at radius 3 is 2.68 bits per heavy atom. The average molecular weight is 350 g/mol. The summed E-state index contributed by atoms with van der Waals surface area (Å²) in [7, 11) is 0. The molecule has 4 nitrogen and oxygen atoms in total. The molecule has 0 saturated carbocycles.